The second-order valence-electron chi connectivity index (χ2n) is 18.0. The molecule has 326 valence electrons. The normalized spacial score (nSPS) is 12.0. The van der Waals surface area contributed by atoms with E-state index in [1.165, 1.54) is 41.9 Å². The van der Waals surface area contributed by atoms with Gasteiger partial charge in [0.05, 0.1) is 33.1 Å². The maximum atomic E-state index is 5.54. The van der Waals surface area contributed by atoms with Crippen molar-refractivity contribution in [2.45, 2.75) is 0 Å². The number of hydrogen-bond acceptors (Lipinski definition) is 4. The van der Waals surface area contributed by atoms with Crippen LogP contribution in [0.25, 0.3) is 137 Å². The van der Waals surface area contributed by atoms with Crippen LogP contribution in [0.3, 0.4) is 0 Å². The first kappa shape index (κ1) is 38.9. The van der Waals surface area contributed by atoms with E-state index in [9.17, 15) is 0 Å². The van der Waals surface area contributed by atoms with Crippen LogP contribution < -0.4 is 0 Å². The zero-order valence-corrected chi connectivity index (χ0v) is 38.3. The van der Waals surface area contributed by atoms with Crippen LogP contribution in [0.5, 0.6) is 0 Å². The maximum Gasteiger partial charge on any atom is 0.238 e. The minimum atomic E-state index is 0.547. The van der Waals surface area contributed by atoms with E-state index in [0.29, 0.717) is 17.6 Å². The summed E-state index contributed by atoms with van der Waals surface area (Å²) in [4.78, 5) is 16.3. The summed E-state index contributed by atoms with van der Waals surface area (Å²) in [6.07, 6.45) is 0. The van der Waals surface area contributed by atoms with Gasteiger partial charge in [-0.2, -0.15) is 9.97 Å². The molecule has 0 atom stereocenters. The summed E-state index contributed by atoms with van der Waals surface area (Å²) in [5, 5.41) is 9.39. The molecule has 0 saturated heterocycles. The third-order valence-electron chi connectivity index (χ3n) is 14.1. The Morgan fingerprint density at radius 1 is 0.271 bits per heavy atom. The van der Waals surface area contributed by atoms with Gasteiger partial charge in [-0.05, 0) is 83.9 Å². The number of hydrogen-bond donors (Lipinski definition) is 0. The Labute approximate surface area is 405 Å². The van der Waals surface area contributed by atoms with Crippen LogP contribution in [0.15, 0.2) is 231 Å². The van der Waals surface area contributed by atoms with Gasteiger partial charge in [-0.1, -0.05) is 158 Å². The van der Waals surface area contributed by atoms with Gasteiger partial charge in [-0.15, -0.1) is 11.3 Å². The molecule has 10 aromatic carbocycles. The Morgan fingerprint density at radius 2 is 0.800 bits per heavy atom. The predicted molar refractivity (Wildman–Crippen MR) is 292 cm³/mol. The summed E-state index contributed by atoms with van der Waals surface area (Å²) in [5.41, 5.74) is 12.9. The summed E-state index contributed by atoms with van der Waals surface area (Å²) < 4.78 is 9.63. The number of benzene rings is 10. The van der Waals surface area contributed by atoms with Gasteiger partial charge in [-0.25, -0.2) is 4.98 Å². The van der Waals surface area contributed by atoms with Gasteiger partial charge in [-0.3, -0.25) is 4.57 Å². The number of aromatic nitrogens is 6. The molecule has 0 spiro atoms. The second-order valence-corrected chi connectivity index (χ2v) is 19.1. The van der Waals surface area contributed by atoms with E-state index in [1.807, 2.05) is 29.5 Å². The monoisotopic (exact) mass is 910 g/mol. The molecule has 5 aromatic heterocycles. The Balaban J connectivity index is 1.08. The fraction of sp³-hybridized carbons (Fsp3) is 0. The summed E-state index contributed by atoms with van der Waals surface area (Å²) in [6, 6.07) is 82.7. The molecule has 6 nitrogen and oxygen atoms in total. The van der Waals surface area contributed by atoms with Crippen molar-refractivity contribution in [2.75, 3.05) is 0 Å². The molecule has 7 heteroatoms. The molecule has 15 rings (SSSR count). The van der Waals surface area contributed by atoms with Crippen LogP contribution in [0.4, 0.5) is 0 Å². The molecule has 0 saturated carbocycles. The summed E-state index contributed by atoms with van der Waals surface area (Å²) in [7, 11) is 0. The van der Waals surface area contributed by atoms with Crippen molar-refractivity contribution in [1.29, 1.82) is 0 Å². The van der Waals surface area contributed by atoms with Crippen LogP contribution in [0, 0.1) is 0 Å². The minimum Gasteiger partial charge on any atom is -0.309 e. The molecule has 0 aliphatic rings. The lowest BCUT2D eigenvalue weighted by Gasteiger charge is -2.14. The van der Waals surface area contributed by atoms with Crippen LogP contribution in [-0.2, 0) is 0 Å². The van der Waals surface area contributed by atoms with Crippen LogP contribution in [0.1, 0.15) is 0 Å². The molecule has 0 aliphatic heterocycles. The molecule has 15 aromatic rings. The molecule has 5 heterocycles. The van der Waals surface area contributed by atoms with Crippen molar-refractivity contribution < 1.29 is 0 Å². The van der Waals surface area contributed by atoms with Gasteiger partial charge in [0.15, 0.2) is 11.6 Å². The molecule has 0 amide bonds. The smallest absolute Gasteiger partial charge is 0.238 e. The number of para-hydroxylation sites is 3. The fourth-order valence-electron chi connectivity index (χ4n) is 11.0. The number of fused-ring (bicyclic) bond motifs is 13. The first-order valence-corrected chi connectivity index (χ1v) is 24.4. The standard InChI is InChI=1S/C63H38N6S/c1-3-16-39(17-4-1)41-20-15-21-43(36-41)68-55-28-13-9-24-47(55)49-32-33-50-51-38-44(67-53-26-11-7-22-45(53)46-23-8-12-27-54(46)67)31-34-56(51)69(60(50)59(49)68)63-65-61(40-18-5-2-6-19-40)64-62(66-63)42-30-35-58-52(37-42)48-25-10-14-29-57(48)70-58/h1-38H. The predicted octanol–water partition coefficient (Wildman–Crippen LogP) is 16.5. The van der Waals surface area contributed by atoms with E-state index >= 15 is 0 Å². The van der Waals surface area contributed by atoms with Gasteiger partial charge in [0.2, 0.25) is 5.95 Å². The zero-order chi connectivity index (χ0) is 45.9. The quantitative estimate of drug-likeness (QED) is 0.167. The molecular formula is C63H38N6S. The summed E-state index contributed by atoms with van der Waals surface area (Å²) >= 11 is 1.81. The number of rotatable bonds is 6. The first-order valence-electron chi connectivity index (χ1n) is 23.6. The lowest BCUT2D eigenvalue weighted by molar-refractivity contribution is 0.953. The summed E-state index contributed by atoms with van der Waals surface area (Å²) in [6.45, 7) is 0. The molecule has 0 aliphatic carbocycles. The minimum absolute atomic E-state index is 0.547. The Kier molecular flexibility index (Phi) is 8.43. The lowest BCUT2D eigenvalue weighted by Crippen LogP contribution is -2.07. The zero-order valence-electron chi connectivity index (χ0n) is 37.5. The van der Waals surface area contributed by atoms with Crippen LogP contribution in [0.2, 0.25) is 0 Å². The van der Waals surface area contributed by atoms with Crippen molar-refractivity contribution in [3.8, 4) is 51.2 Å². The average Bonchev–Trinajstić information content (AvgIpc) is 4.17. The van der Waals surface area contributed by atoms with Crippen molar-refractivity contribution in [2.24, 2.45) is 0 Å². The Hall–Kier alpha value is -9.17. The number of nitrogens with zero attached hydrogens (tertiary/aromatic N) is 6. The molecule has 0 bridgehead atoms. The van der Waals surface area contributed by atoms with Gasteiger partial charge in [0, 0.05) is 75.0 Å². The highest BCUT2D eigenvalue weighted by Gasteiger charge is 2.25. The van der Waals surface area contributed by atoms with Gasteiger partial charge >= 0.3 is 0 Å². The third-order valence-corrected chi connectivity index (χ3v) is 15.2. The largest absolute Gasteiger partial charge is 0.309 e. The van der Waals surface area contributed by atoms with Gasteiger partial charge in [0.1, 0.15) is 0 Å². The molecule has 0 fully saturated rings. The van der Waals surface area contributed by atoms with E-state index in [2.05, 4.69) is 226 Å². The fourth-order valence-corrected chi connectivity index (χ4v) is 12.1. The average molecular weight is 911 g/mol. The Bertz CT molecular complexity index is 4540. The van der Waals surface area contributed by atoms with E-state index in [1.54, 1.807) is 0 Å². The van der Waals surface area contributed by atoms with Crippen LogP contribution >= 0.6 is 11.3 Å². The van der Waals surface area contributed by atoms with Crippen molar-refractivity contribution in [3.05, 3.63) is 231 Å². The lowest BCUT2D eigenvalue weighted by atomic mass is 10.1. The van der Waals surface area contributed by atoms with E-state index in [4.69, 9.17) is 15.0 Å². The second kappa shape index (κ2) is 15.2. The topological polar surface area (TPSA) is 53.5 Å². The van der Waals surface area contributed by atoms with Crippen LogP contribution in [-0.4, -0.2) is 28.7 Å². The third kappa shape index (κ3) is 5.82. The highest BCUT2D eigenvalue weighted by molar-refractivity contribution is 7.25. The molecule has 0 unspecified atom stereocenters. The van der Waals surface area contributed by atoms with Crippen molar-refractivity contribution >= 4 is 96.9 Å². The summed E-state index contributed by atoms with van der Waals surface area (Å²) in [5.74, 6) is 1.77. The first-order chi connectivity index (χ1) is 34.7. The SMILES string of the molecule is c1ccc(-c2cccc(-n3c4ccccc4c4ccc5c6cc(-n7c8ccccc8c8ccccc87)ccc6n(-c6nc(-c7ccccc7)nc(-c7ccc8sc9ccccc9c8c7)n6)c5c43)c2)cc1. The van der Waals surface area contributed by atoms with E-state index in [0.717, 1.165) is 77.3 Å². The van der Waals surface area contributed by atoms with E-state index in [-0.39, 0.29) is 0 Å². The van der Waals surface area contributed by atoms with Crippen molar-refractivity contribution in [3.63, 3.8) is 0 Å². The molecule has 0 radical (unpaired) electrons. The highest BCUT2D eigenvalue weighted by Crippen LogP contribution is 2.44. The Morgan fingerprint density at radius 3 is 1.53 bits per heavy atom. The maximum absolute atomic E-state index is 5.54. The van der Waals surface area contributed by atoms with Gasteiger partial charge in [0.25, 0.3) is 0 Å². The highest BCUT2D eigenvalue weighted by atomic mass is 32.1. The van der Waals surface area contributed by atoms with Crippen molar-refractivity contribution in [1.82, 2.24) is 28.7 Å². The number of thiophene rings is 1. The van der Waals surface area contributed by atoms with Gasteiger partial charge < -0.3 is 9.13 Å². The van der Waals surface area contributed by atoms with E-state index < -0.39 is 0 Å². The molecular weight excluding hydrogens is 873 g/mol. The molecule has 0 N–H and O–H groups in total. The molecule has 70 heavy (non-hydrogen) atoms.